The number of thiophene rings is 1. The number of carbonyl (C=O) groups is 1. The number of hydrogen-bond donors (Lipinski definition) is 2. The van der Waals surface area contributed by atoms with Gasteiger partial charge in [0.25, 0.3) is 5.91 Å². The first-order chi connectivity index (χ1) is 11.2. The molecule has 0 unspecified atom stereocenters. The predicted molar refractivity (Wildman–Crippen MR) is 97.7 cm³/mol. The molecular weight excluding hydrogens is 372 g/mol. The molecule has 2 N–H and O–H groups in total. The summed E-state index contributed by atoms with van der Waals surface area (Å²) in [4.78, 5) is 12.6. The Morgan fingerprint density at radius 3 is 2.43 bits per heavy atom. The average Bonchev–Trinajstić information content (AvgIpc) is 3.01. The molecule has 0 saturated heterocycles. The lowest BCUT2D eigenvalue weighted by Crippen LogP contribution is -2.37. The molecule has 2 heterocycles. The highest BCUT2D eigenvalue weighted by molar-refractivity contribution is 9.10. The average molecular weight is 385 g/mol. The summed E-state index contributed by atoms with van der Waals surface area (Å²) in [6.07, 6.45) is -0.203. The first kappa shape index (κ1) is 14.5. The Labute approximate surface area is 146 Å². The van der Waals surface area contributed by atoms with Gasteiger partial charge in [0.1, 0.15) is 11.2 Å². The lowest BCUT2D eigenvalue weighted by molar-refractivity contribution is 0.0937. The van der Waals surface area contributed by atoms with Gasteiger partial charge in [-0.3, -0.25) is 4.79 Å². The molecular formula is C18H13BrN2OS. The van der Waals surface area contributed by atoms with Crippen molar-refractivity contribution < 1.29 is 4.79 Å². The fourth-order valence-electron chi connectivity index (χ4n) is 2.71. The largest absolute Gasteiger partial charge is 0.353 e. The number of hydrogen-bond acceptors (Lipinski definition) is 3. The zero-order chi connectivity index (χ0) is 15.8. The Morgan fingerprint density at radius 1 is 0.957 bits per heavy atom. The van der Waals surface area contributed by atoms with Crippen LogP contribution in [0, 0.1) is 0 Å². The van der Waals surface area contributed by atoms with Crippen molar-refractivity contribution in [2.24, 2.45) is 0 Å². The molecule has 5 heteroatoms. The second-order valence-electron chi connectivity index (χ2n) is 5.32. The monoisotopic (exact) mass is 384 g/mol. The molecule has 2 aromatic carbocycles. The summed E-state index contributed by atoms with van der Waals surface area (Å²) in [5, 5.41) is 9.43. The first-order valence-corrected chi connectivity index (χ1v) is 8.89. The van der Waals surface area contributed by atoms with Crippen LogP contribution >= 0.6 is 27.3 Å². The number of rotatable bonds is 2. The maximum absolute atomic E-state index is 12.6. The highest BCUT2D eigenvalue weighted by atomic mass is 79.9. The van der Waals surface area contributed by atoms with Crippen molar-refractivity contribution in [3.63, 3.8) is 0 Å². The molecule has 0 fully saturated rings. The van der Waals surface area contributed by atoms with E-state index >= 15 is 0 Å². The van der Waals surface area contributed by atoms with E-state index in [1.54, 1.807) is 11.3 Å². The van der Waals surface area contributed by atoms with Gasteiger partial charge in [-0.1, -0.05) is 58.4 Å². The van der Waals surface area contributed by atoms with Crippen LogP contribution in [0.15, 0.2) is 64.5 Å². The van der Waals surface area contributed by atoms with E-state index in [1.165, 1.54) is 0 Å². The minimum atomic E-state index is -0.203. The highest BCUT2D eigenvalue weighted by Crippen LogP contribution is 2.39. The molecule has 1 aliphatic heterocycles. The van der Waals surface area contributed by atoms with Gasteiger partial charge in [0.15, 0.2) is 0 Å². The Hall–Kier alpha value is -2.11. The Bertz CT molecular complexity index is 858. The topological polar surface area (TPSA) is 41.1 Å². The Balaban J connectivity index is 1.70. The number of benzene rings is 2. The van der Waals surface area contributed by atoms with Gasteiger partial charge in [-0.25, -0.2) is 0 Å². The molecule has 114 valence electrons. The molecule has 23 heavy (non-hydrogen) atoms. The molecule has 3 nitrogen and oxygen atoms in total. The maximum atomic E-state index is 12.6. The number of fused-ring (bicyclic) bond motifs is 1. The number of amides is 1. The van der Waals surface area contributed by atoms with E-state index in [2.05, 4.69) is 26.6 Å². The lowest BCUT2D eigenvalue weighted by atomic mass is 10.0. The van der Waals surface area contributed by atoms with Crippen LogP contribution in [0.2, 0.25) is 0 Å². The van der Waals surface area contributed by atoms with Gasteiger partial charge < -0.3 is 10.6 Å². The van der Waals surface area contributed by atoms with Crippen LogP contribution in [-0.2, 0) is 0 Å². The summed E-state index contributed by atoms with van der Waals surface area (Å²) in [7, 11) is 0. The third-order valence-electron chi connectivity index (χ3n) is 3.86. The second-order valence-corrected chi connectivity index (χ2v) is 7.12. The van der Waals surface area contributed by atoms with E-state index in [0.717, 1.165) is 31.7 Å². The summed E-state index contributed by atoms with van der Waals surface area (Å²) >= 11 is 5.00. The van der Waals surface area contributed by atoms with E-state index < -0.39 is 0 Å². The minimum Gasteiger partial charge on any atom is -0.353 e. The molecule has 1 atom stereocenters. The van der Waals surface area contributed by atoms with Crippen LogP contribution in [0.25, 0.3) is 11.1 Å². The maximum Gasteiger partial charge on any atom is 0.256 e. The fourth-order valence-corrected chi connectivity index (χ4v) is 3.97. The standard InChI is InChI=1S/C18H13BrN2OS/c19-13-8-6-12(7-9-13)16-20-17(22)15-14(10-23-18(15)21-16)11-4-2-1-3-5-11/h1-10,16,21H,(H,20,22)/t16-/m0/s1. The molecule has 0 spiro atoms. The van der Waals surface area contributed by atoms with Gasteiger partial charge in [0, 0.05) is 15.4 Å². The van der Waals surface area contributed by atoms with Crippen molar-refractivity contribution in [2.45, 2.75) is 6.17 Å². The Morgan fingerprint density at radius 2 is 1.70 bits per heavy atom. The van der Waals surface area contributed by atoms with Crippen LogP contribution < -0.4 is 10.6 Å². The summed E-state index contributed by atoms with van der Waals surface area (Å²) in [5.41, 5.74) is 3.80. The molecule has 1 aromatic heterocycles. The van der Waals surface area contributed by atoms with Crippen molar-refractivity contribution in [3.8, 4) is 11.1 Å². The van der Waals surface area contributed by atoms with Crippen molar-refractivity contribution >= 4 is 38.2 Å². The van der Waals surface area contributed by atoms with E-state index in [0.29, 0.717) is 0 Å². The zero-order valence-corrected chi connectivity index (χ0v) is 14.4. The molecule has 1 amide bonds. The summed E-state index contributed by atoms with van der Waals surface area (Å²) in [6, 6.07) is 17.9. The molecule has 0 aliphatic carbocycles. The molecule has 4 rings (SSSR count). The SMILES string of the molecule is O=C1N[C@H](c2ccc(Br)cc2)Nc2scc(-c3ccccc3)c21. The normalized spacial score (nSPS) is 16.4. The van der Waals surface area contributed by atoms with E-state index in [-0.39, 0.29) is 12.1 Å². The highest BCUT2D eigenvalue weighted by Gasteiger charge is 2.29. The van der Waals surface area contributed by atoms with Crippen molar-refractivity contribution in [2.75, 3.05) is 5.32 Å². The third-order valence-corrected chi connectivity index (χ3v) is 5.30. The second kappa shape index (κ2) is 5.83. The van der Waals surface area contributed by atoms with Gasteiger partial charge in [-0.2, -0.15) is 0 Å². The minimum absolute atomic E-state index is 0.0354. The van der Waals surface area contributed by atoms with Crippen LogP contribution in [0.5, 0.6) is 0 Å². The van der Waals surface area contributed by atoms with E-state index in [4.69, 9.17) is 0 Å². The zero-order valence-electron chi connectivity index (χ0n) is 12.0. The van der Waals surface area contributed by atoms with Crippen LogP contribution in [0.4, 0.5) is 5.00 Å². The van der Waals surface area contributed by atoms with Crippen LogP contribution in [0.1, 0.15) is 22.1 Å². The van der Waals surface area contributed by atoms with Gasteiger partial charge in [-0.15, -0.1) is 11.3 Å². The van der Waals surface area contributed by atoms with Gasteiger partial charge in [0.05, 0.1) is 5.56 Å². The smallest absolute Gasteiger partial charge is 0.256 e. The summed E-state index contributed by atoms with van der Waals surface area (Å²) < 4.78 is 1.02. The van der Waals surface area contributed by atoms with Crippen LogP contribution in [-0.4, -0.2) is 5.91 Å². The van der Waals surface area contributed by atoms with Crippen molar-refractivity contribution in [1.29, 1.82) is 0 Å². The molecule has 0 bridgehead atoms. The van der Waals surface area contributed by atoms with Gasteiger partial charge in [-0.05, 0) is 23.3 Å². The Kier molecular flexibility index (Phi) is 3.67. The molecule has 3 aromatic rings. The summed E-state index contributed by atoms with van der Waals surface area (Å²) in [5.74, 6) is -0.0354. The third kappa shape index (κ3) is 2.66. The number of anilines is 1. The number of carbonyl (C=O) groups excluding carboxylic acids is 1. The first-order valence-electron chi connectivity index (χ1n) is 7.22. The van der Waals surface area contributed by atoms with Crippen LogP contribution in [0.3, 0.4) is 0 Å². The number of nitrogens with one attached hydrogen (secondary N) is 2. The van der Waals surface area contributed by atoms with Gasteiger partial charge >= 0.3 is 0 Å². The van der Waals surface area contributed by atoms with Crippen molar-refractivity contribution in [1.82, 2.24) is 5.32 Å². The van der Waals surface area contributed by atoms with Crippen molar-refractivity contribution in [3.05, 3.63) is 75.6 Å². The van der Waals surface area contributed by atoms with E-state index in [1.807, 2.05) is 60.0 Å². The lowest BCUT2D eigenvalue weighted by Gasteiger charge is -2.26. The number of halogens is 1. The molecule has 0 saturated carbocycles. The summed E-state index contributed by atoms with van der Waals surface area (Å²) in [6.45, 7) is 0. The predicted octanol–water partition coefficient (Wildman–Crippen LogP) is 5.03. The fraction of sp³-hybridized carbons (Fsp3) is 0.0556. The molecule has 0 radical (unpaired) electrons. The quantitative estimate of drug-likeness (QED) is 0.650. The molecule has 1 aliphatic rings. The van der Waals surface area contributed by atoms with Gasteiger partial charge in [0.2, 0.25) is 0 Å². The van der Waals surface area contributed by atoms with E-state index in [9.17, 15) is 4.79 Å².